The number of fused-ring (bicyclic) bond motifs is 1. The quantitative estimate of drug-likeness (QED) is 0.815. The molecule has 0 amide bonds. The van der Waals surface area contributed by atoms with Gasteiger partial charge in [0.25, 0.3) is 0 Å². The standard InChI is InChI=1S/C13H15ClN2S2/c14-9-4-5-11-12(7-9)16(13(17)15-11)8-10-3-1-2-6-18-10/h4-5,7,10H,1-3,6,8H2,(H,15,17). The van der Waals surface area contributed by atoms with Gasteiger partial charge in [0.15, 0.2) is 4.77 Å². The summed E-state index contributed by atoms with van der Waals surface area (Å²) >= 11 is 13.6. The van der Waals surface area contributed by atoms with Gasteiger partial charge in [-0.25, -0.2) is 0 Å². The molecule has 3 rings (SSSR count). The molecule has 1 aliphatic rings. The summed E-state index contributed by atoms with van der Waals surface area (Å²) in [4.78, 5) is 3.25. The molecule has 1 atom stereocenters. The summed E-state index contributed by atoms with van der Waals surface area (Å²) in [7, 11) is 0. The van der Waals surface area contributed by atoms with Crippen molar-refractivity contribution in [2.75, 3.05) is 5.75 Å². The van der Waals surface area contributed by atoms with E-state index in [4.69, 9.17) is 23.8 Å². The molecule has 2 nitrogen and oxygen atoms in total. The van der Waals surface area contributed by atoms with Gasteiger partial charge in [0.2, 0.25) is 0 Å². The van der Waals surface area contributed by atoms with E-state index in [1.165, 1.54) is 25.0 Å². The molecule has 1 aromatic carbocycles. The van der Waals surface area contributed by atoms with Crippen LogP contribution < -0.4 is 0 Å². The van der Waals surface area contributed by atoms with E-state index in [0.29, 0.717) is 5.25 Å². The lowest BCUT2D eigenvalue weighted by Crippen LogP contribution is -2.17. The topological polar surface area (TPSA) is 20.7 Å². The predicted octanol–water partition coefficient (Wildman–Crippen LogP) is 4.64. The zero-order chi connectivity index (χ0) is 12.5. The van der Waals surface area contributed by atoms with Crippen LogP contribution in [0.4, 0.5) is 0 Å². The number of aromatic nitrogens is 2. The first kappa shape index (κ1) is 12.6. The highest BCUT2D eigenvalue weighted by Crippen LogP contribution is 2.28. The minimum Gasteiger partial charge on any atom is -0.331 e. The number of rotatable bonds is 2. The second-order valence-electron chi connectivity index (χ2n) is 4.69. The molecule has 0 radical (unpaired) electrons. The second kappa shape index (κ2) is 5.27. The number of H-pyrrole nitrogens is 1. The average molecular weight is 299 g/mol. The van der Waals surface area contributed by atoms with Crippen molar-refractivity contribution in [2.24, 2.45) is 0 Å². The van der Waals surface area contributed by atoms with Crippen molar-refractivity contribution in [2.45, 2.75) is 31.1 Å². The van der Waals surface area contributed by atoms with E-state index < -0.39 is 0 Å². The van der Waals surface area contributed by atoms with E-state index in [-0.39, 0.29) is 0 Å². The van der Waals surface area contributed by atoms with E-state index in [1.807, 2.05) is 18.2 Å². The van der Waals surface area contributed by atoms with E-state index >= 15 is 0 Å². The summed E-state index contributed by atoms with van der Waals surface area (Å²) in [6.07, 6.45) is 3.99. The summed E-state index contributed by atoms with van der Waals surface area (Å²) in [5, 5.41) is 1.45. The number of imidazole rings is 1. The number of nitrogens with zero attached hydrogens (tertiary/aromatic N) is 1. The molecule has 0 spiro atoms. The molecule has 0 aliphatic carbocycles. The normalized spacial score (nSPS) is 20.4. The van der Waals surface area contributed by atoms with Gasteiger partial charge in [0.1, 0.15) is 0 Å². The third kappa shape index (κ3) is 2.46. The minimum atomic E-state index is 0.684. The molecule has 2 heterocycles. The van der Waals surface area contributed by atoms with Crippen LogP contribution in [0.3, 0.4) is 0 Å². The van der Waals surface area contributed by atoms with Crippen molar-refractivity contribution >= 4 is 46.6 Å². The van der Waals surface area contributed by atoms with Gasteiger partial charge in [-0.3, -0.25) is 0 Å². The van der Waals surface area contributed by atoms with Crippen LogP contribution in [0.5, 0.6) is 0 Å². The Kier molecular flexibility index (Phi) is 3.68. The van der Waals surface area contributed by atoms with Gasteiger partial charge < -0.3 is 9.55 Å². The fourth-order valence-corrected chi connectivity index (χ4v) is 4.20. The number of thioether (sulfide) groups is 1. The van der Waals surface area contributed by atoms with Gasteiger partial charge in [-0.2, -0.15) is 11.8 Å². The van der Waals surface area contributed by atoms with Crippen LogP contribution in [0.2, 0.25) is 5.02 Å². The first-order valence-electron chi connectivity index (χ1n) is 6.24. The Morgan fingerprint density at radius 1 is 1.44 bits per heavy atom. The highest BCUT2D eigenvalue weighted by atomic mass is 35.5. The van der Waals surface area contributed by atoms with Gasteiger partial charge in [-0.15, -0.1) is 0 Å². The highest BCUT2D eigenvalue weighted by Gasteiger charge is 2.16. The lowest BCUT2D eigenvalue weighted by molar-refractivity contribution is 0.588. The summed E-state index contributed by atoms with van der Waals surface area (Å²) in [6, 6.07) is 5.89. The van der Waals surface area contributed by atoms with E-state index in [0.717, 1.165) is 27.4 Å². The Hall–Kier alpha value is -0.450. The predicted molar refractivity (Wildman–Crippen MR) is 82.2 cm³/mol. The van der Waals surface area contributed by atoms with Crippen LogP contribution in [0.15, 0.2) is 18.2 Å². The Labute approximate surface area is 121 Å². The van der Waals surface area contributed by atoms with Crippen LogP contribution in [-0.2, 0) is 6.54 Å². The van der Waals surface area contributed by atoms with Crippen LogP contribution >= 0.6 is 35.6 Å². The largest absolute Gasteiger partial charge is 0.331 e. The van der Waals surface area contributed by atoms with Crippen molar-refractivity contribution in [3.8, 4) is 0 Å². The number of aromatic amines is 1. The molecule has 1 N–H and O–H groups in total. The second-order valence-corrected chi connectivity index (χ2v) is 6.92. The zero-order valence-corrected chi connectivity index (χ0v) is 12.4. The van der Waals surface area contributed by atoms with Crippen LogP contribution in [0, 0.1) is 4.77 Å². The molecule has 2 aromatic rings. The number of hydrogen-bond acceptors (Lipinski definition) is 2. The van der Waals surface area contributed by atoms with E-state index in [1.54, 1.807) is 0 Å². The molecule has 5 heteroatoms. The van der Waals surface area contributed by atoms with Crippen molar-refractivity contribution in [3.63, 3.8) is 0 Å². The highest BCUT2D eigenvalue weighted by molar-refractivity contribution is 7.99. The molecule has 96 valence electrons. The maximum absolute atomic E-state index is 6.08. The van der Waals surface area contributed by atoms with Crippen molar-refractivity contribution < 1.29 is 0 Å². The van der Waals surface area contributed by atoms with Crippen molar-refractivity contribution in [1.29, 1.82) is 0 Å². The molecule has 0 saturated carbocycles. The number of halogens is 1. The van der Waals surface area contributed by atoms with Gasteiger partial charge in [0, 0.05) is 16.8 Å². The maximum Gasteiger partial charge on any atom is 0.178 e. The summed E-state index contributed by atoms with van der Waals surface area (Å²) in [6.45, 7) is 0.990. The summed E-state index contributed by atoms with van der Waals surface area (Å²) in [5.41, 5.74) is 2.20. The monoisotopic (exact) mass is 298 g/mol. The Balaban J connectivity index is 1.97. The van der Waals surface area contributed by atoms with Crippen LogP contribution in [0.1, 0.15) is 19.3 Å². The van der Waals surface area contributed by atoms with Gasteiger partial charge in [0.05, 0.1) is 11.0 Å². The Morgan fingerprint density at radius 3 is 3.11 bits per heavy atom. The fourth-order valence-electron chi connectivity index (χ4n) is 2.46. The average Bonchev–Trinajstić information content (AvgIpc) is 2.67. The molecule has 0 bridgehead atoms. The van der Waals surface area contributed by atoms with E-state index in [9.17, 15) is 0 Å². The van der Waals surface area contributed by atoms with Crippen molar-refractivity contribution in [3.05, 3.63) is 28.0 Å². The molecule has 1 aromatic heterocycles. The zero-order valence-electron chi connectivity index (χ0n) is 9.99. The number of hydrogen-bond donors (Lipinski definition) is 1. The van der Waals surface area contributed by atoms with Gasteiger partial charge in [-0.05, 0) is 49.0 Å². The Bertz CT molecular complexity index is 611. The molecular formula is C13H15ClN2S2. The third-order valence-corrected chi connectivity index (χ3v) is 5.34. The number of nitrogens with one attached hydrogen (secondary N) is 1. The van der Waals surface area contributed by atoms with Crippen molar-refractivity contribution in [1.82, 2.24) is 9.55 Å². The summed E-state index contributed by atoms with van der Waals surface area (Å²) in [5.74, 6) is 1.28. The van der Waals surface area contributed by atoms with Gasteiger partial charge >= 0.3 is 0 Å². The molecule has 1 unspecified atom stereocenters. The lowest BCUT2D eigenvalue weighted by atomic mass is 10.2. The molecule has 1 saturated heterocycles. The molecule has 18 heavy (non-hydrogen) atoms. The SMILES string of the molecule is S=c1[nH]c2ccc(Cl)cc2n1CC1CCCCS1. The molecular weight excluding hydrogens is 284 g/mol. The molecule has 1 aliphatic heterocycles. The smallest absolute Gasteiger partial charge is 0.178 e. The third-order valence-electron chi connectivity index (χ3n) is 3.40. The van der Waals surface area contributed by atoms with Gasteiger partial charge in [-0.1, -0.05) is 18.0 Å². The fraction of sp³-hybridized carbons (Fsp3) is 0.462. The molecule has 1 fully saturated rings. The summed E-state index contributed by atoms with van der Waals surface area (Å²) < 4.78 is 3.00. The number of benzene rings is 1. The van der Waals surface area contributed by atoms with E-state index in [2.05, 4.69) is 21.3 Å². The minimum absolute atomic E-state index is 0.684. The van der Waals surface area contributed by atoms with Crippen LogP contribution in [0.25, 0.3) is 11.0 Å². The maximum atomic E-state index is 6.08. The lowest BCUT2D eigenvalue weighted by Gasteiger charge is -2.21. The first-order chi connectivity index (χ1) is 8.74. The van der Waals surface area contributed by atoms with Crippen LogP contribution in [-0.4, -0.2) is 20.6 Å². The Morgan fingerprint density at radius 2 is 2.33 bits per heavy atom. The first-order valence-corrected chi connectivity index (χ1v) is 8.07.